The quantitative estimate of drug-likeness (QED) is 0.771. The van der Waals surface area contributed by atoms with E-state index >= 15 is 0 Å². The molecule has 0 aromatic heterocycles. The SMILES string of the molecule is COCC(O)CNc1ccc(F)c(OC)c1. The molecule has 0 bridgehead atoms. The number of rotatable bonds is 6. The van der Waals surface area contributed by atoms with Crippen molar-refractivity contribution < 1.29 is 19.0 Å². The molecule has 0 aliphatic heterocycles. The fraction of sp³-hybridized carbons (Fsp3) is 0.455. The Kier molecular flexibility index (Phi) is 5.01. The van der Waals surface area contributed by atoms with Gasteiger partial charge < -0.3 is 19.9 Å². The number of nitrogens with one attached hydrogen (secondary N) is 1. The van der Waals surface area contributed by atoms with Crippen molar-refractivity contribution in [2.24, 2.45) is 0 Å². The van der Waals surface area contributed by atoms with Gasteiger partial charge in [0.25, 0.3) is 0 Å². The number of ether oxygens (including phenoxy) is 2. The van der Waals surface area contributed by atoms with Crippen molar-refractivity contribution in [2.45, 2.75) is 6.10 Å². The molecule has 16 heavy (non-hydrogen) atoms. The van der Waals surface area contributed by atoms with Gasteiger partial charge in [0.05, 0.1) is 19.8 Å². The van der Waals surface area contributed by atoms with E-state index in [2.05, 4.69) is 5.32 Å². The van der Waals surface area contributed by atoms with E-state index in [1.54, 1.807) is 6.07 Å². The Balaban J connectivity index is 2.54. The van der Waals surface area contributed by atoms with Gasteiger partial charge in [0.15, 0.2) is 11.6 Å². The van der Waals surface area contributed by atoms with E-state index in [0.717, 1.165) is 0 Å². The summed E-state index contributed by atoms with van der Waals surface area (Å²) in [5.74, 6) is -0.239. The maximum absolute atomic E-state index is 13.1. The molecule has 0 saturated heterocycles. The second-order valence-corrected chi connectivity index (χ2v) is 3.34. The van der Waals surface area contributed by atoms with E-state index in [1.165, 1.54) is 26.4 Å². The normalized spacial score (nSPS) is 12.2. The van der Waals surface area contributed by atoms with Crippen molar-refractivity contribution in [1.82, 2.24) is 0 Å². The number of benzene rings is 1. The van der Waals surface area contributed by atoms with Gasteiger partial charge in [-0.2, -0.15) is 0 Å². The third-order valence-electron chi connectivity index (χ3n) is 2.05. The molecule has 90 valence electrons. The molecule has 0 fully saturated rings. The first kappa shape index (κ1) is 12.7. The number of aliphatic hydroxyl groups excluding tert-OH is 1. The summed E-state index contributed by atoms with van der Waals surface area (Å²) >= 11 is 0. The van der Waals surface area contributed by atoms with Gasteiger partial charge in [0.2, 0.25) is 0 Å². The number of methoxy groups -OCH3 is 2. The van der Waals surface area contributed by atoms with Crippen molar-refractivity contribution in [3.8, 4) is 5.75 Å². The molecule has 0 spiro atoms. The minimum absolute atomic E-state index is 0.172. The Bertz CT molecular complexity index is 333. The number of hydrogen-bond acceptors (Lipinski definition) is 4. The van der Waals surface area contributed by atoms with Crippen LogP contribution in [-0.2, 0) is 4.74 Å². The van der Waals surface area contributed by atoms with Crippen molar-refractivity contribution in [2.75, 3.05) is 32.7 Å². The van der Waals surface area contributed by atoms with E-state index in [9.17, 15) is 9.50 Å². The molecule has 0 amide bonds. The zero-order chi connectivity index (χ0) is 12.0. The molecule has 4 nitrogen and oxygen atoms in total. The molecule has 2 N–H and O–H groups in total. The largest absolute Gasteiger partial charge is 0.494 e. The Morgan fingerprint density at radius 3 is 2.81 bits per heavy atom. The number of aliphatic hydroxyl groups is 1. The summed E-state index contributed by atoms with van der Waals surface area (Å²) in [6.45, 7) is 0.591. The maximum Gasteiger partial charge on any atom is 0.165 e. The van der Waals surface area contributed by atoms with E-state index in [0.29, 0.717) is 12.2 Å². The topological polar surface area (TPSA) is 50.7 Å². The molecule has 1 unspecified atom stereocenters. The Hall–Kier alpha value is -1.33. The van der Waals surface area contributed by atoms with Crippen molar-refractivity contribution >= 4 is 5.69 Å². The first-order chi connectivity index (χ1) is 7.67. The highest BCUT2D eigenvalue weighted by molar-refractivity contribution is 5.48. The van der Waals surface area contributed by atoms with Gasteiger partial charge in [-0.05, 0) is 12.1 Å². The minimum atomic E-state index is -0.596. The standard InChI is InChI=1S/C11H16FNO3/c1-15-7-9(14)6-13-8-3-4-10(12)11(5-8)16-2/h3-5,9,13-14H,6-7H2,1-2H3. The molecule has 0 aliphatic carbocycles. The third-order valence-corrected chi connectivity index (χ3v) is 2.05. The predicted octanol–water partition coefficient (Wildman–Crippen LogP) is 1.25. The van der Waals surface area contributed by atoms with E-state index in [4.69, 9.17) is 9.47 Å². The number of anilines is 1. The van der Waals surface area contributed by atoms with Crippen LogP contribution in [0.25, 0.3) is 0 Å². The molecular weight excluding hydrogens is 213 g/mol. The Morgan fingerprint density at radius 2 is 2.19 bits per heavy atom. The second-order valence-electron chi connectivity index (χ2n) is 3.34. The zero-order valence-electron chi connectivity index (χ0n) is 9.37. The monoisotopic (exact) mass is 229 g/mol. The van der Waals surface area contributed by atoms with Crippen LogP contribution in [0.15, 0.2) is 18.2 Å². The highest BCUT2D eigenvalue weighted by atomic mass is 19.1. The maximum atomic E-state index is 13.1. The van der Waals surface area contributed by atoms with Crippen molar-refractivity contribution in [3.05, 3.63) is 24.0 Å². The molecule has 0 saturated carbocycles. The molecule has 0 aliphatic rings. The molecule has 1 rings (SSSR count). The smallest absolute Gasteiger partial charge is 0.165 e. The lowest BCUT2D eigenvalue weighted by Gasteiger charge is -2.12. The van der Waals surface area contributed by atoms with Gasteiger partial charge in [-0.15, -0.1) is 0 Å². The summed E-state index contributed by atoms with van der Waals surface area (Å²) in [6.07, 6.45) is -0.596. The first-order valence-corrected chi connectivity index (χ1v) is 4.91. The summed E-state index contributed by atoms with van der Waals surface area (Å²) in [7, 11) is 2.92. The number of hydrogen-bond donors (Lipinski definition) is 2. The molecule has 1 aromatic rings. The van der Waals surface area contributed by atoms with E-state index < -0.39 is 11.9 Å². The van der Waals surface area contributed by atoms with Crippen LogP contribution < -0.4 is 10.1 Å². The summed E-state index contributed by atoms with van der Waals surface area (Å²) in [4.78, 5) is 0. The minimum Gasteiger partial charge on any atom is -0.494 e. The third kappa shape index (κ3) is 3.67. The Morgan fingerprint density at radius 1 is 1.44 bits per heavy atom. The average molecular weight is 229 g/mol. The lowest BCUT2D eigenvalue weighted by atomic mass is 10.2. The summed E-state index contributed by atoms with van der Waals surface area (Å²) in [5, 5.41) is 12.4. The molecule has 1 atom stereocenters. The van der Waals surface area contributed by atoms with Crippen LogP contribution in [0.1, 0.15) is 0 Å². The molecular formula is C11H16FNO3. The Labute approximate surface area is 94.0 Å². The molecule has 1 aromatic carbocycles. The number of halogens is 1. The predicted molar refractivity (Wildman–Crippen MR) is 59.3 cm³/mol. The molecule has 5 heteroatoms. The van der Waals surface area contributed by atoms with Crippen LogP contribution in [-0.4, -0.2) is 38.6 Å². The van der Waals surface area contributed by atoms with Gasteiger partial charge >= 0.3 is 0 Å². The first-order valence-electron chi connectivity index (χ1n) is 4.91. The van der Waals surface area contributed by atoms with Gasteiger partial charge in [0.1, 0.15) is 0 Å². The van der Waals surface area contributed by atoms with Crippen LogP contribution in [0.2, 0.25) is 0 Å². The van der Waals surface area contributed by atoms with Crippen LogP contribution in [0.4, 0.5) is 10.1 Å². The van der Waals surface area contributed by atoms with Crippen LogP contribution in [0.3, 0.4) is 0 Å². The van der Waals surface area contributed by atoms with Gasteiger partial charge in [-0.25, -0.2) is 4.39 Å². The van der Waals surface area contributed by atoms with Gasteiger partial charge in [-0.1, -0.05) is 0 Å². The molecule has 0 radical (unpaired) electrons. The summed E-state index contributed by atoms with van der Waals surface area (Å²) in [5.41, 5.74) is 0.688. The summed E-state index contributed by atoms with van der Waals surface area (Å²) in [6, 6.07) is 4.43. The van der Waals surface area contributed by atoms with E-state index in [1.807, 2.05) is 0 Å². The van der Waals surface area contributed by atoms with Crippen molar-refractivity contribution in [1.29, 1.82) is 0 Å². The highest BCUT2D eigenvalue weighted by Crippen LogP contribution is 2.21. The lowest BCUT2D eigenvalue weighted by molar-refractivity contribution is 0.0727. The fourth-order valence-corrected chi connectivity index (χ4v) is 1.26. The molecule has 0 heterocycles. The summed E-state index contributed by atoms with van der Waals surface area (Å²) < 4.78 is 22.7. The lowest BCUT2D eigenvalue weighted by Crippen LogP contribution is -2.24. The second kappa shape index (κ2) is 6.30. The fourth-order valence-electron chi connectivity index (χ4n) is 1.26. The van der Waals surface area contributed by atoms with Crippen LogP contribution in [0.5, 0.6) is 5.75 Å². The van der Waals surface area contributed by atoms with Gasteiger partial charge in [0, 0.05) is 25.4 Å². The van der Waals surface area contributed by atoms with E-state index in [-0.39, 0.29) is 12.4 Å². The van der Waals surface area contributed by atoms with Crippen molar-refractivity contribution in [3.63, 3.8) is 0 Å². The highest BCUT2D eigenvalue weighted by Gasteiger charge is 2.05. The average Bonchev–Trinajstić information content (AvgIpc) is 2.28. The van der Waals surface area contributed by atoms with Crippen LogP contribution in [0, 0.1) is 5.82 Å². The van der Waals surface area contributed by atoms with Crippen LogP contribution >= 0.6 is 0 Å². The van der Waals surface area contributed by atoms with Gasteiger partial charge in [-0.3, -0.25) is 0 Å². The zero-order valence-corrected chi connectivity index (χ0v) is 9.37.